The van der Waals surface area contributed by atoms with Gasteiger partial charge in [-0.3, -0.25) is 0 Å². The molecule has 0 unspecified atom stereocenters. The molecule has 3 aliphatic rings. The van der Waals surface area contributed by atoms with Gasteiger partial charge in [0.2, 0.25) is 5.95 Å². The fourth-order valence-electron chi connectivity index (χ4n) is 3.86. The Bertz CT molecular complexity index is 893. The van der Waals surface area contributed by atoms with Gasteiger partial charge in [-0.05, 0) is 12.0 Å². The van der Waals surface area contributed by atoms with Crippen molar-refractivity contribution in [2.24, 2.45) is 5.73 Å². The molecule has 1 aliphatic carbocycles. The van der Waals surface area contributed by atoms with Crippen LogP contribution in [-0.4, -0.2) is 47.5 Å². The number of nitrogens with zero attached hydrogens (tertiary/aromatic N) is 3. The van der Waals surface area contributed by atoms with Crippen LogP contribution in [0.2, 0.25) is 0 Å². The summed E-state index contributed by atoms with van der Waals surface area (Å²) < 4.78 is 33.9. The summed E-state index contributed by atoms with van der Waals surface area (Å²) in [6.07, 6.45) is -0.468. The number of ether oxygens (including phenoxy) is 1. The first kappa shape index (κ1) is 17.0. The van der Waals surface area contributed by atoms with Crippen LogP contribution in [0.1, 0.15) is 23.2 Å². The molecule has 0 amide bonds. The molecule has 2 saturated heterocycles. The van der Waals surface area contributed by atoms with E-state index in [-0.39, 0.29) is 24.5 Å². The van der Waals surface area contributed by atoms with Crippen LogP contribution in [0.25, 0.3) is 11.3 Å². The van der Waals surface area contributed by atoms with Crippen molar-refractivity contribution in [1.29, 1.82) is 0 Å². The molecule has 6 nitrogen and oxygen atoms in total. The van der Waals surface area contributed by atoms with E-state index in [1.165, 1.54) is 0 Å². The van der Waals surface area contributed by atoms with Gasteiger partial charge in [0.25, 0.3) is 5.92 Å². The number of nitrogens with two attached hydrogens (primary N) is 1. The maximum absolute atomic E-state index is 14.4. The van der Waals surface area contributed by atoms with E-state index < -0.39 is 17.6 Å². The maximum Gasteiger partial charge on any atom is 0.290 e. The van der Waals surface area contributed by atoms with Crippen molar-refractivity contribution >= 4 is 5.95 Å². The van der Waals surface area contributed by atoms with Gasteiger partial charge >= 0.3 is 0 Å². The zero-order valence-electron chi connectivity index (χ0n) is 14.7. The SMILES string of the molecule is NC1(c2ccc(-c3nc(N4CC(O)C4)nc4c3CCC4(F)F)cc2)COC1. The lowest BCUT2D eigenvalue weighted by Gasteiger charge is -2.38. The smallest absolute Gasteiger partial charge is 0.290 e. The van der Waals surface area contributed by atoms with Gasteiger partial charge in [-0.2, -0.15) is 8.78 Å². The van der Waals surface area contributed by atoms with Gasteiger partial charge in [0.15, 0.2) is 0 Å². The Labute approximate surface area is 155 Å². The first-order chi connectivity index (χ1) is 12.9. The quantitative estimate of drug-likeness (QED) is 0.848. The summed E-state index contributed by atoms with van der Waals surface area (Å²) in [4.78, 5) is 10.4. The number of anilines is 1. The molecule has 142 valence electrons. The molecule has 5 rings (SSSR count). The number of β-amino-alcohol motifs (C(OH)–C–C–N with tert-alkyl or cyclic N) is 1. The molecule has 0 spiro atoms. The molecule has 0 bridgehead atoms. The van der Waals surface area contributed by atoms with Crippen LogP contribution in [0, 0.1) is 0 Å². The summed E-state index contributed by atoms with van der Waals surface area (Å²) in [7, 11) is 0. The van der Waals surface area contributed by atoms with Crippen molar-refractivity contribution in [2.75, 3.05) is 31.2 Å². The minimum Gasteiger partial charge on any atom is -0.389 e. The van der Waals surface area contributed by atoms with Gasteiger partial charge in [-0.15, -0.1) is 0 Å². The molecule has 2 aliphatic heterocycles. The highest BCUT2D eigenvalue weighted by Crippen LogP contribution is 2.44. The third-order valence-electron chi connectivity index (χ3n) is 5.63. The highest BCUT2D eigenvalue weighted by Gasteiger charge is 2.44. The second kappa shape index (κ2) is 5.67. The van der Waals surface area contributed by atoms with E-state index in [9.17, 15) is 13.9 Å². The number of benzene rings is 1. The van der Waals surface area contributed by atoms with E-state index in [0.29, 0.717) is 37.6 Å². The van der Waals surface area contributed by atoms with Crippen molar-refractivity contribution in [2.45, 2.75) is 30.4 Å². The summed E-state index contributed by atoms with van der Waals surface area (Å²) in [6.45, 7) is 1.67. The monoisotopic (exact) mass is 374 g/mol. The van der Waals surface area contributed by atoms with Crippen LogP contribution >= 0.6 is 0 Å². The summed E-state index contributed by atoms with van der Waals surface area (Å²) in [5, 5.41) is 9.53. The van der Waals surface area contributed by atoms with Gasteiger partial charge < -0.3 is 20.5 Å². The number of hydrogen-bond donors (Lipinski definition) is 2. The van der Waals surface area contributed by atoms with Crippen molar-refractivity contribution in [3.63, 3.8) is 0 Å². The van der Waals surface area contributed by atoms with Crippen LogP contribution < -0.4 is 10.6 Å². The van der Waals surface area contributed by atoms with E-state index in [4.69, 9.17) is 10.5 Å². The maximum atomic E-state index is 14.4. The van der Waals surface area contributed by atoms with Crippen molar-refractivity contribution < 1.29 is 18.6 Å². The molecular formula is C19H20F2N4O2. The Hall–Kier alpha value is -2.16. The number of aromatic nitrogens is 2. The fourth-order valence-corrected chi connectivity index (χ4v) is 3.86. The zero-order valence-corrected chi connectivity index (χ0v) is 14.7. The molecule has 3 N–H and O–H groups in total. The Morgan fingerprint density at radius 2 is 1.85 bits per heavy atom. The molecule has 2 fully saturated rings. The minimum atomic E-state index is -2.95. The molecule has 0 saturated carbocycles. The standard InChI is InChI=1S/C19H20F2N4O2/c20-19(21)6-5-14-15(23-17(24-16(14)19)25-7-13(26)8-25)11-1-3-12(4-2-11)18(22)9-27-10-18/h1-4,13,26H,5-10,22H2. The molecule has 8 heteroatoms. The first-order valence-corrected chi connectivity index (χ1v) is 9.05. The lowest BCUT2D eigenvalue weighted by molar-refractivity contribution is -0.0569. The number of alkyl halides is 2. The topological polar surface area (TPSA) is 84.5 Å². The average molecular weight is 374 g/mol. The van der Waals surface area contributed by atoms with E-state index in [2.05, 4.69) is 9.97 Å². The van der Waals surface area contributed by atoms with E-state index in [1.54, 1.807) is 4.90 Å². The Kier molecular flexibility index (Phi) is 3.56. The number of fused-ring (bicyclic) bond motifs is 1. The Morgan fingerprint density at radius 3 is 2.44 bits per heavy atom. The van der Waals surface area contributed by atoms with Gasteiger partial charge in [0.05, 0.1) is 30.6 Å². The van der Waals surface area contributed by atoms with Crippen LogP contribution in [0.15, 0.2) is 24.3 Å². The van der Waals surface area contributed by atoms with Crippen LogP contribution in [0.5, 0.6) is 0 Å². The minimum absolute atomic E-state index is 0.185. The number of rotatable bonds is 3. The third kappa shape index (κ3) is 2.62. The van der Waals surface area contributed by atoms with Crippen molar-refractivity contribution in [3.05, 3.63) is 41.1 Å². The van der Waals surface area contributed by atoms with E-state index in [1.807, 2.05) is 24.3 Å². The van der Waals surface area contributed by atoms with Crippen LogP contribution in [-0.2, 0) is 22.6 Å². The molecule has 1 aromatic carbocycles. The average Bonchev–Trinajstić information content (AvgIpc) is 2.91. The zero-order chi connectivity index (χ0) is 18.8. The van der Waals surface area contributed by atoms with Gasteiger partial charge in [0, 0.05) is 30.6 Å². The molecule has 2 aromatic rings. The van der Waals surface area contributed by atoms with E-state index >= 15 is 0 Å². The highest BCUT2D eigenvalue weighted by atomic mass is 19.3. The second-order valence-corrected chi connectivity index (χ2v) is 7.69. The van der Waals surface area contributed by atoms with Gasteiger partial charge in [0.1, 0.15) is 5.69 Å². The first-order valence-electron chi connectivity index (χ1n) is 9.05. The fraction of sp³-hybridized carbons (Fsp3) is 0.474. The van der Waals surface area contributed by atoms with Crippen molar-refractivity contribution in [3.8, 4) is 11.3 Å². The predicted octanol–water partition coefficient (Wildman–Crippen LogP) is 1.55. The van der Waals surface area contributed by atoms with Gasteiger partial charge in [-0.1, -0.05) is 24.3 Å². The molecule has 3 heterocycles. The Balaban J connectivity index is 1.57. The number of aliphatic hydroxyl groups is 1. The van der Waals surface area contributed by atoms with E-state index in [0.717, 1.165) is 11.1 Å². The lowest BCUT2D eigenvalue weighted by Crippen LogP contribution is -2.54. The van der Waals surface area contributed by atoms with Crippen molar-refractivity contribution in [1.82, 2.24) is 9.97 Å². The third-order valence-corrected chi connectivity index (χ3v) is 5.63. The Morgan fingerprint density at radius 1 is 1.15 bits per heavy atom. The predicted molar refractivity (Wildman–Crippen MR) is 94.6 cm³/mol. The largest absolute Gasteiger partial charge is 0.389 e. The van der Waals surface area contributed by atoms with Crippen LogP contribution in [0.4, 0.5) is 14.7 Å². The normalized spacial score (nSPS) is 22.9. The molecule has 0 radical (unpaired) electrons. The number of hydrogen-bond acceptors (Lipinski definition) is 6. The summed E-state index contributed by atoms with van der Waals surface area (Å²) >= 11 is 0. The van der Waals surface area contributed by atoms with Gasteiger partial charge in [-0.25, -0.2) is 9.97 Å². The second-order valence-electron chi connectivity index (χ2n) is 7.69. The number of halogens is 2. The highest BCUT2D eigenvalue weighted by molar-refractivity contribution is 5.67. The number of aliphatic hydroxyl groups excluding tert-OH is 1. The summed E-state index contributed by atoms with van der Waals surface area (Å²) in [5.74, 6) is -2.70. The summed E-state index contributed by atoms with van der Waals surface area (Å²) in [5.41, 5.74) is 8.37. The molecular weight excluding hydrogens is 354 g/mol. The molecule has 1 aromatic heterocycles. The lowest BCUT2D eigenvalue weighted by atomic mass is 9.88. The summed E-state index contributed by atoms with van der Waals surface area (Å²) in [6, 6.07) is 7.56. The van der Waals surface area contributed by atoms with Crippen LogP contribution in [0.3, 0.4) is 0 Å². The molecule has 27 heavy (non-hydrogen) atoms. The molecule has 0 atom stereocenters.